The molecule has 0 saturated carbocycles. The Kier molecular flexibility index (Phi) is 8.39. The molecular formula is C58H36N2S. The van der Waals surface area contributed by atoms with Gasteiger partial charge in [-0.3, -0.25) is 0 Å². The van der Waals surface area contributed by atoms with E-state index in [0.29, 0.717) is 5.82 Å². The minimum atomic E-state index is 0.709. The third-order valence-electron chi connectivity index (χ3n) is 12.1. The second-order valence-electron chi connectivity index (χ2n) is 15.7. The van der Waals surface area contributed by atoms with E-state index in [2.05, 4.69) is 200 Å². The van der Waals surface area contributed by atoms with Crippen molar-refractivity contribution in [2.45, 2.75) is 0 Å². The molecule has 0 N–H and O–H groups in total. The lowest BCUT2D eigenvalue weighted by Gasteiger charge is -2.14. The van der Waals surface area contributed by atoms with Gasteiger partial charge in [0.05, 0.1) is 11.4 Å². The number of hydrogen-bond donors (Lipinski definition) is 0. The highest BCUT2D eigenvalue weighted by molar-refractivity contribution is 7.26. The largest absolute Gasteiger partial charge is 0.228 e. The minimum absolute atomic E-state index is 0.709. The van der Waals surface area contributed by atoms with Crippen LogP contribution in [0.15, 0.2) is 218 Å². The van der Waals surface area contributed by atoms with Gasteiger partial charge in [-0.15, -0.1) is 11.3 Å². The highest BCUT2D eigenvalue weighted by Gasteiger charge is 2.15. The number of fused-ring (bicyclic) bond motifs is 7. The first-order valence-corrected chi connectivity index (χ1v) is 21.5. The number of nitrogens with zero attached hydrogens (tertiary/aromatic N) is 2. The lowest BCUT2D eigenvalue weighted by Crippen LogP contribution is -1.96. The lowest BCUT2D eigenvalue weighted by molar-refractivity contribution is 1.18. The first-order chi connectivity index (χ1) is 30.2. The van der Waals surface area contributed by atoms with Gasteiger partial charge in [-0.25, -0.2) is 9.97 Å². The molecule has 12 rings (SSSR count). The van der Waals surface area contributed by atoms with Gasteiger partial charge >= 0.3 is 0 Å². The fourth-order valence-corrected chi connectivity index (χ4v) is 10.3. The molecule has 0 aliphatic heterocycles. The van der Waals surface area contributed by atoms with Gasteiger partial charge in [0, 0.05) is 36.9 Å². The van der Waals surface area contributed by atoms with Gasteiger partial charge in [-0.1, -0.05) is 200 Å². The predicted octanol–water partition coefficient (Wildman–Crippen LogP) is 16.3. The van der Waals surface area contributed by atoms with Crippen LogP contribution < -0.4 is 0 Å². The molecule has 2 nitrogen and oxygen atoms in total. The van der Waals surface area contributed by atoms with Gasteiger partial charge < -0.3 is 0 Å². The second-order valence-corrected chi connectivity index (χ2v) is 16.7. The number of aromatic nitrogens is 2. The zero-order chi connectivity index (χ0) is 40.3. The van der Waals surface area contributed by atoms with Gasteiger partial charge in [0.25, 0.3) is 0 Å². The van der Waals surface area contributed by atoms with Crippen LogP contribution >= 0.6 is 11.3 Å². The maximum Gasteiger partial charge on any atom is 0.160 e. The first kappa shape index (κ1) is 35.2. The second kappa shape index (κ2) is 14.5. The van der Waals surface area contributed by atoms with Crippen molar-refractivity contribution in [1.82, 2.24) is 9.97 Å². The van der Waals surface area contributed by atoms with Crippen LogP contribution in [0.1, 0.15) is 0 Å². The summed E-state index contributed by atoms with van der Waals surface area (Å²) in [7, 11) is 0. The molecule has 10 aromatic carbocycles. The molecule has 0 bridgehead atoms. The van der Waals surface area contributed by atoms with E-state index >= 15 is 0 Å². The fraction of sp³-hybridized carbons (Fsp3) is 0. The van der Waals surface area contributed by atoms with Crippen LogP contribution in [0, 0.1) is 0 Å². The Hall–Kier alpha value is -7.72. The van der Waals surface area contributed by atoms with E-state index in [-0.39, 0.29) is 0 Å². The molecule has 284 valence electrons. The van der Waals surface area contributed by atoms with Crippen molar-refractivity contribution in [2.75, 3.05) is 0 Å². The molecule has 0 amide bonds. The highest BCUT2D eigenvalue weighted by Crippen LogP contribution is 2.42. The molecule has 0 fully saturated rings. The Labute approximate surface area is 357 Å². The van der Waals surface area contributed by atoms with Gasteiger partial charge in [0.1, 0.15) is 0 Å². The van der Waals surface area contributed by atoms with Gasteiger partial charge in [-0.2, -0.15) is 0 Å². The summed E-state index contributed by atoms with van der Waals surface area (Å²) in [6.45, 7) is 0. The SMILES string of the molecule is c1ccc(-c2nc(-c3ccc(-c4ccc(-c5c6ccccc6cc6c5ccc5ccccc56)cc4)cc3)cc(-c3ccc(-c4cccc5c4sc4ccccc45)cc3)n2)cc1. The standard InChI is InChI=1S/C58H36N2S/c1-2-12-44(13-3-1)58-59-53(36-54(60-58)42-29-25-40(26-30-42)48-18-10-19-51-49-17-8-9-20-55(49)61-57(48)51)41-27-21-37(22-28-41)38-23-31-43(32-24-38)56-47-16-7-5-14-45(47)35-52-46-15-6-4-11-39(46)33-34-50(52)56/h1-36H. The van der Waals surface area contributed by atoms with Crippen molar-refractivity contribution in [3.8, 4) is 67.3 Å². The molecule has 0 saturated heterocycles. The quantitative estimate of drug-likeness (QED) is 0.124. The zero-order valence-corrected chi connectivity index (χ0v) is 33.9. The molecule has 3 heteroatoms. The molecule has 12 aromatic rings. The van der Waals surface area contributed by atoms with Gasteiger partial charge in [0.2, 0.25) is 0 Å². The normalized spacial score (nSPS) is 11.6. The third kappa shape index (κ3) is 6.18. The van der Waals surface area contributed by atoms with Gasteiger partial charge in [-0.05, 0) is 83.9 Å². The summed E-state index contributed by atoms with van der Waals surface area (Å²) in [6.07, 6.45) is 0. The molecule has 0 radical (unpaired) electrons. The summed E-state index contributed by atoms with van der Waals surface area (Å²) in [4.78, 5) is 10.2. The Morgan fingerprint density at radius 2 is 0.852 bits per heavy atom. The summed E-state index contributed by atoms with van der Waals surface area (Å²) in [5.41, 5.74) is 12.1. The maximum atomic E-state index is 5.13. The number of rotatable bonds is 6. The van der Waals surface area contributed by atoms with E-state index in [1.54, 1.807) is 0 Å². The summed E-state index contributed by atoms with van der Waals surface area (Å²) in [5.74, 6) is 0.709. The molecule has 0 unspecified atom stereocenters. The Morgan fingerprint density at radius 3 is 1.57 bits per heavy atom. The lowest BCUT2D eigenvalue weighted by atomic mass is 9.89. The number of benzene rings is 10. The van der Waals surface area contributed by atoms with Crippen molar-refractivity contribution < 1.29 is 0 Å². The van der Waals surface area contributed by atoms with Crippen LogP contribution in [0.25, 0.3) is 120 Å². The van der Waals surface area contributed by atoms with E-state index in [1.165, 1.54) is 80.3 Å². The topological polar surface area (TPSA) is 25.8 Å². The molecule has 0 atom stereocenters. The monoisotopic (exact) mass is 792 g/mol. The van der Waals surface area contributed by atoms with E-state index < -0.39 is 0 Å². The molecule has 0 spiro atoms. The van der Waals surface area contributed by atoms with Crippen LogP contribution in [0.2, 0.25) is 0 Å². The van der Waals surface area contributed by atoms with E-state index in [1.807, 2.05) is 29.5 Å². The van der Waals surface area contributed by atoms with Crippen molar-refractivity contribution in [1.29, 1.82) is 0 Å². The predicted molar refractivity (Wildman–Crippen MR) is 260 cm³/mol. The van der Waals surface area contributed by atoms with Crippen LogP contribution in [0.4, 0.5) is 0 Å². The van der Waals surface area contributed by atoms with Crippen molar-refractivity contribution >= 4 is 63.8 Å². The number of thiophene rings is 1. The summed E-state index contributed by atoms with van der Waals surface area (Å²) in [6, 6.07) is 78.7. The van der Waals surface area contributed by atoms with Crippen LogP contribution in [-0.2, 0) is 0 Å². The molecule has 2 heterocycles. The number of hydrogen-bond acceptors (Lipinski definition) is 3. The first-order valence-electron chi connectivity index (χ1n) is 20.7. The van der Waals surface area contributed by atoms with Crippen LogP contribution in [0.3, 0.4) is 0 Å². The smallest absolute Gasteiger partial charge is 0.160 e. The van der Waals surface area contributed by atoms with Crippen LogP contribution in [0.5, 0.6) is 0 Å². The van der Waals surface area contributed by atoms with E-state index in [4.69, 9.17) is 9.97 Å². The molecule has 61 heavy (non-hydrogen) atoms. The molecule has 0 aliphatic rings. The average molecular weight is 793 g/mol. The van der Waals surface area contributed by atoms with Crippen molar-refractivity contribution in [3.63, 3.8) is 0 Å². The van der Waals surface area contributed by atoms with Gasteiger partial charge in [0.15, 0.2) is 5.82 Å². The van der Waals surface area contributed by atoms with Crippen molar-refractivity contribution in [2.24, 2.45) is 0 Å². The van der Waals surface area contributed by atoms with Crippen molar-refractivity contribution in [3.05, 3.63) is 218 Å². The average Bonchev–Trinajstić information content (AvgIpc) is 3.73. The maximum absolute atomic E-state index is 5.13. The minimum Gasteiger partial charge on any atom is -0.228 e. The van der Waals surface area contributed by atoms with E-state index in [0.717, 1.165) is 33.6 Å². The molecular weight excluding hydrogens is 757 g/mol. The summed E-state index contributed by atoms with van der Waals surface area (Å²) < 4.78 is 2.63. The summed E-state index contributed by atoms with van der Waals surface area (Å²) >= 11 is 1.86. The zero-order valence-electron chi connectivity index (χ0n) is 33.1. The van der Waals surface area contributed by atoms with Crippen LogP contribution in [-0.4, -0.2) is 9.97 Å². The summed E-state index contributed by atoms with van der Waals surface area (Å²) in [5, 5.41) is 10.2. The fourth-order valence-electron chi connectivity index (χ4n) is 9.05. The third-order valence-corrected chi connectivity index (χ3v) is 13.3. The Morgan fingerprint density at radius 1 is 0.295 bits per heavy atom. The highest BCUT2D eigenvalue weighted by atomic mass is 32.1. The molecule has 0 aliphatic carbocycles. The van der Waals surface area contributed by atoms with E-state index in [9.17, 15) is 0 Å². The Balaban J connectivity index is 0.885. The Bertz CT molecular complexity index is 3610. The molecule has 2 aromatic heterocycles.